The van der Waals surface area contributed by atoms with E-state index >= 15 is 0 Å². The van der Waals surface area contributed by atoms with Gasteiger partial charge in [0.15, 0.2) is 0 Å². The van der Waals surface area contributed by atoms with Gasteiger partial charge in [-0.25, -0.2) is 0 Å². The molecule has 0 aliphatic rings. The topological polar surface area (TPSA) is 92.1 Å². The van der Waals surface area contributed by atoms with E-state index in [1.165, 1.54) is 23.1 Å². The van der Waals surface area contributed by atoms with Gasteiger partial charge in [-0.3, -0.25) is 20.0 Å². The SMILES string of the molecule is CN(Cc1cn[nH]c1)C(=O)C=Cc1cccc([N+](=O)[O-])c1. The van der Waals surface area contributed by atoms with Crippen LogP contribution < -0.4 is 0 Å². The molecule has 0 bridgehead atoms. The molecule has 0 saturated heterocycles. The Bertz CT molecular complexity index is 665. The summed E-state index contributed by atoms with van der Waals surface area (Å²) in [6.45, 7) is 0.439. The molecule has 0 atom stereocenters. The summed E-state index contributed by atoms with van der Waals surface area (Å²) in [6.07, 6.45) is 6.31. The fourth-order valence-corrected chi connectivity index (χ4v) is 1.75. The van der Waals surface area contributed by atoms with Crippen molar-refractivity contribution in [2.24, 2.45) is 0 Å². The number of rotatable bonds is 5. The van der Waals surface area contributed by atoms with Crippen molar-refractivity contribution in [1.82, 2.24) is 15.1 Å². The molecular weight excluding hydrogens is 272 g/mol. The molecule has 21 heavy (non-hydrogen) atoms. The molecule has 1 amide bonds. The number of likely N-dealkylation sites (N-methyl/N-ethyl adjacent to an activating group) is 1. The van der Waals surface area contributed by atoms with Crippen LogP contribution in [0.15, 0.2) is 42.7 Å². The summed E-state index contributed by atoms with van der Waals surface area (Å²) in [5, 5.41) is 17.2. The van der Waals surface area contributed by atoms with Crippen LogP contribution in [0, 0.1) is 10.1 Å². The number of nitro benzene ring substituents is 1. The molecule has 0 unspecified atom stereocenters. The standard InChI is InChI=1S/C14H14N4O3/c1-17(10-12-8-15-16-9-12)14(19)6-5-11-3-2-4-13(7-11)18(20)21/h2-9H,10H2,1H3,(H,15,16). The smallest absolute Gasteiger partial charge is 0.270 e. The number of aromatic nitrogens is 2. The van der Waals surface area contributed by atoms with Crippen LogP contribution in [0.5, 0.6) is 0 Å². The van der Waals surface area contributed by atoms with Crippen molar-refractivity contribution in [2.45, 2.75) is 6.54 Å². The summed E-state index contributed by atoms with van der Waals surface area (Å²) < 4.78 is 0. The minimum atomic E-state index is -0.468. The maximum absolute atomic E-state index is 11.9. The molecule has 0 spiro atoms. The van der Waals surface area contributed by atoms with Gasteiger partial charge in [0.1, 0.15) is 0 Å². The van der Waals surface area contributed by atoms with Gasteiger partial charge in [0.25, 0.3) is 5.69 Å². The lowest BCUT2D eigenvalue weighted by Gasteiger charge is -2.13. The molecule has 0 fully saturated rings. The molecule has 0 aliphatic heterocycles. The van der Waals surface area contributed by atoms with Crippen molar-refractivity contribution in [3.8, 4) is 0 Å². The minimum absolute atomic E-state index is 0.00338. The van der Waals surface area contributed by atoms with Crippen LogP contribution in [0.1, 0.15) is 11.1 Å². The first-order chi connectivity index (χ1) is 10.1. The highest BCUT2D eigenvalue weighted by Gasteiger charge is 2.07. The number of hydrogen-bond acceptors (Lipinski definition) is 4. The van der Waals surface area contributed by atoms with Gasteiger partial charge in [0.05, 0.1) is 11.1 Å². The summed E-state index contributed by atoms with van der Waals surface area (Å²) >= 11 is 0. The highest BCUT2D eigenvalue weighted by atomic mass is 16.6. The van der Waals surface area contributed by atoms with Crippen LogP contribution in [0.4, 0.5) is 5.69 Å². The number of hydrogen-bond donors (Lipinski definition) is 1. The number of carbonyl (C=O) groups is 1. The van der Waals surface area contributed by atoms with Gasteiger partial charge < -0.3 is 4.90 Å². The quantitative estimate of drug-likeness (QED) is 0.517. The van der Waals surface area contributed by atoms with Crippen molar-refractivity contribution < 1.29 is 9.72 Å². The van der Waals surface area contributed by atoms with E-state index in [1.807, 2.05) is 0 Å². The summed E-state index contributed by atoms with van der Waals surface area (Å²) in [6, 6.07) is 6.11. The van der Waals surface area contributed by atoms with E-state index in [-0.39, 0.29) is 11.6 Å². The Morgan fingerprint density at radius 1 is 1.52 bits per heavy atom. The molecule has 7 heteroatoms. The summed E-state index contributed by atoms with van der Waals surface area (Å²) in [7, 11) is 1.67. The van der Waals surface area contributed by atoms with Crippen LogP contribution in [-0.2, 0) is 11.3 Å². The number of carbonyl (C=O) groups excluding carboxylic acids is 1. The summed E-state index contributed by atoms with van der Waals surface area (Å²) in [5.74, 6) is -0.192. The molecule has 1 aromatic carbocycles. The molecule has 0 saturated carbocycles. The lowest BCUT2D eigenvalue weighted by atomic mass is 10.2. The third-order valence-electron chi connectivity index (χ3n) is 2.85. The van der Waals surface area contributed by atoms with Gasteiger partial charge in [0, 0.05) is 43.6 Å². The monoisotopic (exact) mass is 286 g/mol. The fraction of sp³-hybridized carbons (Fsp3) is 0.143. The van der Waals surface area contributed by atoms with E-state index in [2.05, 4.69) is 10.2 Å². The molecule has 2 aromatic rings. The normalized spacial score (nSPS) is 10.7. The molecule has 2 rings (SSSR count). The van der Waals surface area contributed by atoms with Gasteiger partial charge in [-0.15, -0.1) is 0 Å². The van der Waals surface area contributed by atoms with Gasteiger partial charge >= 0.3 is 0 Å². The van der Waals surface area contributed by atoms with E-state index < -0.39 is 4.92 Å². The van der Waals surface area contributed by atoms with E-state index in [9.17, 15) is 14.9 Å². The zero-order valence-corrected chi connectivity index (χ0v) is 11.4. The first kappa shape index (κ1) is 14.4. The Labute approximate surface area is 121 Å². The molecule has 7 nitrogen and oxygen atoms in total. The van der Waals surface area contributed by atoms with Crippen LogP contribution >= 0.6 is 0 Å². The first-order valence-electron chi connectivity index (χ1n) is 6.21. The zero-order valence-electron chi connectivity index (χ0n) is 11.4. The first-order valence-corrected chi connectivity index (χ1v) is 6.21. The number of benzene rings is 1. The Balaban J connectivity index is 2.01. The largest absolute Gasteiger partial charge is 0.338 e. The van der Waals surface area contributed by atoms with Crippen molar-refractivity contribution in [3.05, 3.63) is 64.0 Å². The molecule has 1 N–H and O–H groups in total. The van der Waals surface area contributed by atoms with E-state index in [0.29, 0.717) is 12.1 Å². The number of nitro groups is 1. The van der Waals surface area contributed by atoms with Crippen LogP contribution in [-0.4, -0.2) is 33.0 Å². The number of amides is 1. The van der Waals surface area contributed by atoms with Gasteiger partial charge in [0.2, 0.25) is 5.91 Å². The van der Waals surface area contributed by atoms with Gasteiger partial charge in [-0.1, -0.05) is 12.1 Å². The molecule has 1 heterocycles. The number of H-pyrrole nitrogens is 1. The Hall–Kier alpha value is -2.96. The highest BCUT2D eigenvalue weighted by molar-refractivity contribution is 5.91. The number of aromatic amines is 1. The van der Waals surface area contributed by atoms with E-state index in [1.54, 1.807) is 37.7 Å². The number of nitrogens with one attached hydrogen (secondary N) is 1. The Morgan fingerprint density at radius 3 is 3.00 bits per heavy atom. The number of nitrogens with zero attached hydrogens (tertiary/aromatic N) is 3. The Kier molecular flexibility index (Phi) is 4.45. The lowest BCUT2D eigenvalue weighted by Crippen LogP contribution is -2.23. The minimum Gasteiger partial charge on any atom is -0.338 e. The molecular formula is C14H14N4O3. The third-order valence-corrected chi connectivity index (χ3v) is 2.85. The zero-order chi connectivity index (χ0) is 15.2. The van der Waals surface area contributed by atoms with Crippen LogP contribution in [0.2, 0.25) is 0 Å². The summed E-state index contributed by atoms with van der Waals surface area (Å²) in [4.78, 5) is 23.7. The fourth-order valence-electron chi connectivity index (χ4n) is 1.75. The molecule has 0 aliphatic carbocycles. The van der Waals surface area contributed by atoms with E-state index in [4.69, 9.17) is 0 Å². The van der Waals surface area contributed by atoms with Gasteiger partial charge in [-0.05, 0) is 11.6 Å². The van der Waals surface area contributed by atoms with Crippen molar-refractivity contribution in [3.63, 3.8) is 0 Å². The second kappa shape index (κ2) is 6.47. The third kappa shape index (κ3) is 4.00. The predicted octanol–water partition coefficient (Wildman–Crippen LogP) is 1.99. The maximum Gasteiger partial charge on any atom is 0.270 e. The average Bonchev–Trinajstić information content (AvgIpc) is 2.97. The van der Waals surface area contributed by atoms with Crippen molar-refractivity contribution >= 4 is 17.7 Å². The van der Waals surface area contributed by atoms with Crippen LogP contribution in [0.25, 0.3) is 6.08 Å². The predicted molar refractivity (Wildman–Crippen MR) is 77.2 cm³/mol. The van der Waals surface area contributed by atoms with E-state index in [0.717, 1.165) is 5.56 Å². The second-order valence-corrected chi connectivity index (χ2v) is 4.49. The molecule has 108 valence electrons. The van der Waals surface area contributed by atoms with Crippen molar-refractivity contribution in [2.75, 3.05) is 7.05 Å². The second-order valence-electron chi connectivity index (χ2n) is 4.49. The molecule has 0 radical (unpaired) electrons. The van der Waals surface area contributed by atoms with Crippen LogP contribution in [0.3, 0.4) is 0 Å². The molecule has 1 aromatic heterocycles. The highest BCUT2D eigenvalue weighted by Crippen LogP contribution is 2.14. The maximum atomic E-state index is 11.9. The van der Waals surface area contributed by atoms with Crippen molar-refractivity contribution in [1.29, 1.82) is 0 Å². The van der Waals surface area contributed by atoms with Gasteiger partial charge in [-0.2, -0.15) is 5.10 Å². The average molecular weight is 286 g/mol. The number of non-ortho nitro benzene ring substituents is 1. The lowest BCUT2D eigenvalue weighted by molar-refractivity contribution is -0.384. The Morgan fingerprint density at radius 2 is 2.33 bits per heavy atom. The summed E-state index contributed by atoms with van der Waals surface area (Å²) in [5.41, 5.74) is 1.50.